The summed E-state index contributed by atoms with van der Waals surface area (Å²) < 4.78 is 1.99. The second-order valence-corrected chi connectivity index (χ2v) is 7.18. The molecule has 0 spiro atoms. The molecule has 1 aliphatic heterocycles. The van der Waals surface area contributed by atoms with Gasteiger partial charge < -0.3 is 9.88 Å². The van der Waals surface area contributed by atoms with Crippen molar-refractivity contribution in [3.8, 4) is 0 Å². The Morgan fingerprint density at radius 3 is 2.71 bits per heavy atom. The average Bonchev–Trinajstić information content (AvgIpc) is 3.02. The fourth-order valence-corrected chi connectivity index (χ4v) is 3.96. The summed E-state index contributed by atoms with van der Waals surface area (Å²) in [5.74, 6) is 3.25. The van der Waals surface area contributed by atoms with Gasteiger partial charge in [0.25, 0.3) is 0 Å². The number of amides is 1. The molecule has 6 heteroatoms. The molecular formula is C18H24N4OS. The first-order valence-corrected chi connectivity index (χ1v) is 9.52. The third-order valence-electron chi connectivity index (χ3n) is 4.34. The normalized spacial score (nSPS) is 16.7. The summed E-state index contributed by atoms with van der Waals surface area (Å²) in [5, 5.41) is 3.10. The lowest BCUT2D eigenvalue weighted by Gasteiger charge is -2.33. The van der Waals surface area contributed by atoms with Crippen molar-refractivity contribution in [3.63, 3.8) is 0 Å². The molecule has 1 aliphatic rings. The van der Waals surface area contributed by atoms with Crippen LogP contribution >= 0.6 is 11.8 Å². The second-order valence-electron chi connectivity index (χ2n) is 5.96. The highest BCUT2D eigenvalue weighted by Gasteiger charge is 2.28. The van der Waals surface area contributed by atoms with Gasteiger partial charge in [0.2, 0.25) is 5.91 Å². The van der Waals surface area contributed by atoms with Gasteiger partial charge in [-0.05, 0) is 5.56 Å². The van der Waals surface area contributed by atoms with E-state index in [0.717, 1.165) is 42.4 Å². The number of rotatable bonds is 6. The topological polar surface area (TPSA) is 50.2 Å². The van der Waals surface area contributed by atoms with Gasteiger partial charge in [-0.3, -0.25) is 9.69 Å². The Bertz CT molecular complexity index is 652. The summed E-state index contributed by atoms with van der Waals surface area (Å²) >= 11 is 1.96. The predicted octanol–water partition coefficient (Wildman–Crippen LogP) is 1.87. The van der Waals surface area contributed by atoms with E-state index in [1.165, 1.54) is 0 Å². The second kappa shape index (κ2) is 8.35. The largest absolute Gasteiger partial charge is 0.354 e. The number of hydrogen-bond acceptors (Lipinski definition) is 4. The average molecular weight is 344 g/mol. The van der Waals surface area contributed by atoms with Crippen molar-refractivity contribution in [2.45, 2.75) is 12.5 Å². The van der Waals surface area contributed by atoms with Gasteiger partial charge in [-0.2, -0.15) is 11.8 Å². The molecule has 3 rings (SSSR count). The van der Waals surface area contributed by atoms with E-state index in [-0.39, 0.29) is 11.9 Å². The standard InChI is InChI=1S/C18H24N4OS/c1-21-10-9-19-16(21)7-8-20-18(23)17(15-5-3-2-4-6-15)22-11-13-24-14-12-22/h2-6,9-10,17H,7-8,11-14H2,1H3,(H,20,23)/t17-/m0/s1. The van der Waals surface area contributed by atoms with Gasteiger partial charge in [-0.1, -0.05) is 30.3 Å². The number of nitrogens with zero attached hydrogens (tertiary/aromatic N) is 3. The first-order chi connectivity index (χ1) is 11.8. The van der Waals surface area contributed by atoms with E-state index in [0.29, 0.717) is 6.54 Å². The minimum atomic E-state index is -0.200. The fourth-order valence-electron chi connectivity index (χ4n) is 3.03. The van der Waals surface area contributed by atoms with E-state index in [2.05, 4.69) is 15.2 Å². The van der Waals surface area contributed by atoms with Gasteiger partial charge in [0.1, 0.15) is 11.9 Å². The molecule has 1 amide bonds. The first-order valence-electron chi connectivity index (χ1n) is 8.36. The molecule has 1 N–H and O–H groups in total. The zero-order valence-corrected chi connectivity index (χ0v) is 14.8. The van der Waals surface area contributed by atoms with E-state index in [1.54, 1.807) is 6.20 Å². The molecule has 1 aromatic carbocycles. The van der Waals surface area contributed by atoms with Crippen LogP contribution in [0.3, 0.4) is 0 Å². The maximum absolute atomic E-state index is 12.9. The molecule has 0 saturated carbocycles. The van der Waals surface area contributed by atoms with Crippen LogP contribution in [0.1, 0.15) is 17.4 Å². The third-order valence-corrected chi connectivity index (χ3v) is 5.29. The molecule has 1 atom stereocenters. The van der Waals surface area contributed by atoms with Crippen LogP contribution in [-0.2, 0) is 18.3 Å². The van der Waals surface area contributed by atoms with Gasteiger partial charge in [-0.25, -0.2) is 4.98 Å². The SMILES string of the molecule is Cn1ccnc1CCNC(=O)[C@H](c1ccccc1)N1CCSCC1. The molecule has 128 valence electrons. The monoisotopic (exact) mass is 344 g/mol. The number of benzene rings is 1. The summed E-state index contributed by atoms with van der Waals surface area (Å²) in [7, 11) is 1.97. The van der Waals surface area contributed by atoms with E-state index in [4.69, 9.17) is 0 Å². The number of nitrogens with one attached hydrogen (secondary N) is 1. The molecule has 24 heavy (non-hydrogen) atoms. The van der Waals surface area contributed by atoms with Crippen LogP contribution in [0.15, 0.2) is 42.7 Å². The molecule has 0 aliphatic carbocycles. The molecule has 0 unspecified atom stereocenters. The minimum Gasteiger partial charge on any atom is -0.354 e. The Hall–Kier alpha value is -1.79. The first kappa shape index (κ1) is 17.0. The number of aromatic nitrogens is 2. The van der Waals surface area contributed by atoms with Crippen molar-refractivity contribution >= 4 is 17.7 Å². The zero-order valence-electron chi connectivity index (χ0n) is 14.0. The molecule has 2 aromatic rings. The van der Waals surface area contributed by atoms with Crippen LogP contribution in [0.5, 0.6) is 0 Å². The van der Waals surface area contributed by atoms with Crippen LogP contribution in [0.4, 0.5) is 0 Å². The predicted molar refractivity (Wildman–Crippen MR) is 98.0 cm³/mol. The van der Waals surface area contributed by atoms with Crippen molar-refractivity contribution in [2.24, 2.45) is 7.05 Å². The minimum absolute atomic E-state index is 0.0855. The van der Waals surface area contributed by atoms with E-state index in [9.17, 15) is 4.79 Å². The van der Waals surface area contributed by atoms with E-state index in [1.807, 2.05) is 59.9 Å². The maximum Gasteiger partial charge on any atom is 0.241 e. The number of aryl methyl sites for hydroxylation is 1. The Balaban J connectivity index is 1.65. The highest BCUT2D eigenvalue weighted by atomic mass is 32.2. The molecule has 0 bridgehead atoms. The van der Waals surface area contributed by atoms with Gasteiger partial charge in [0, 0.05) is 57.0 Å². The summed E-state index contributed by atoms with van der Waals surface area (Å²) in [6, 6.07) is 9.89. The van der Waals surface area contributed by atoms with Gasteiger partial charge in [-0.15, -0.1) is 0 Å². The van der Waals surface area contributed by atoms with Crippen molar-refractivity contribution < 1.29 is 4.79 Å². The quantitative estimate of drug-likeness (QED) is 0.869. The van der Waals surface area contributed by atoms with Gasteiger partial charge >= 0.3 is 0 Å². The number of thioether (sulfide) groups is 1. The number of imidazole rings is 1. The maximum atomic E-state index is 12.9. The summed E-state index contributed by atoms with van der Waals surface area (Å²) in [6.45, 7) is 2.52. The zero-order chi connectivity index (χ0) is 16.8. The van der Waals surface area contributed by atoms with Gasteiger partial charge in [0.05, 0.1) is 0 Å². The lowest BCUT2D eigenvalue weighted by molar-refractivity contribution is -0.126. The molecular weight excluding hydrogens is 320 g/mol. The third kappa shape index (κ3) is 4.19. The molecule has 5 nitrogen and oxygen atoms in total. The Morgan fingerprint density at radius 2 is 2.04 bits per heavy atom. The lowest BCUT2D eigenvalue weighted by atomic mass is 10.0. The number of carbonyl (C=O) groups is 1. The smallest absolute Gasteiger partial charge is 0.241 e. The highest BCUT2D eigenvalue weighted by Crippen LogP contribution is 2.24. The fraction of sp³-hybridized carbons (Fsp3) is 0.444. The molecule has 0 radical (unpaired) electrons. The number of carbonyl (C=O) groups excluding carboxylic acids is 1. The molecule has 1 aromatic heterocycles. The van der Waals surface area contributed by atoms with Crippen LogP contribution in [-0.4, -0.2) is 51.5 Å². The van der Waals surface area contributed by atoms with E-state index < -0.39 is 0 Å². The van der Waals surface area contributed by atoms with Crippen molar-refractivity contribution in [3.05, 3.63) is 54.1 Å². The molecule has 1 saturated heterocycles. The number of hydrogen-bond donors (Lipinski definition) is 1. The Kier molecular flexibility index (Phi) is 5.93. The molecule has 2 heterocycles. The summed E-state index contributed by atoms with van der Waals surface area (Å²) in [6.07, 6.45) is 4.46. The summed E-state index contributed by atoms with van der Waals surface area (Å²) in [5.41, 5.74) is 1.07. The molecule has 1 fully saturated rings. The van der Waals surface area contributed by atoms with Crippen LogP contribution in [0.25, 0.3) is 0 Å². The van der Waals surface area contributed by atoms with Crippen LogP contribution in [0, 0.1) is 0 Å². The van der Waals surface area contributed by atoms with Crippen LogP contribution < -0.4 is 5.32 Å². The van der Waals surface area contributed by atoms with Crippen molar-refractivity contribution in [2.75, 3.05) is 31.1 Å². The van der Waals surface area contributed by atoms with Crippen molar-refractivity contribution in [1.29, 1.82) is 0 Å². The summed E-state index contributed by atoms with van der Waals surface area (Å²) in [4.78, 5) is 19.5. The van der Waals surface area contributed by atoms with Crippen molar-refractivity contribution in [1.82, 2.24) is 19.8 Å². The lowest BCUT2D eigenvalue weighted by Crippen LogP contribution is -2.44. The van der Waals surface area contributed by atoms with E-state index >= 15 is 0 Å². The Morgan fingerprint density at radius 1 is 1.29 bits per heavy atom. The van der Waals surface area contributed by atoms with Gasteiger partial charge in [0.15, 0.2) is 0 Å². The van der Waals surface area contributed by atoms with Crippen LogP contribution in [0.2, 0.25) is 0 Å². The Labute approximate surface area is 147 Å². The highest BCUT2D eigenvalue weighted by molar-refractivity contribution is 7.99.